The van der Waals surface area contributed by atoms with Gasteiger partial charge in [0.05, 0.1) is 19.1 Å². The van der Waals surface area contributed by atoms with E-state index >= 15 is 0 Å². The van der Waals surface area contributed by atoms with E-state index < -0.39 is 5.97 Å². The van der Waals surface area contributed by atoms with E-state index in [9.17, 15) is 4.79 Å². The van der Waals surface area contributed by atoms with Gasteiger partial charge < -0.3 is 9.84 Å². The van der Waals surface area contributed by atoms with Crippen molar-refractivity contribution in [2.24, 2.45) is 0 Å². The number of ether oxygens (including phenoxy) is 1. The summed E-state index contributed by atoms with van der Waals surface area (Å²) in [5.41, 5.74) is 2.43. The average molecular weight is 263 g/mol. The summed E-state index contributed by atoms with van der Waals surface area (Å²) in [5, 5.41) is 8.80. The van der Waals surface area contributed by atoms with E-state index in [1.807, 2.05) is 12.1 Å². The van der Waals surface area contributed by atoms with Crippen molar-refractivity contribution >= 4 is 5.97 Å². The molecule has 0 amide bonds. The van der Waals surface area contributed by atoms with Gasteiger partial charge >= 0.3 is 5.97 Å². The Morgan fingerprint density at radius 3 is 2.89 bits per heavy atom. The largest absolute Gasteiger partial charge is 0.481 e. The predicted octanol–water partition coefficient (Wildman–Crippen LogP) is 2.23. The van der Waals surface area contributed by atoms with Crippen LogP contribution in [-0.2, 0) is 9.53 Å². The Morgan fingerprint density at radius 2 is 2.21 bits per heavy atom. The van der Waals surface area contributed by atoms with Crippen molar-refractivity contribution in [1.29, 1.82) is 0 Å². The molecule has 104 valence electrons. The van der Waals surface area contributed by atoms with Crippen molar-refractivity contribution in [3.05, 3.63) is 35.4 Å². The summed E-state index contributed by atoms with van der Waals surface area (Å²) in [5.74, 6) is -0.744. The van der Waals surface area contributed by atoms with E-state index in [0.717, 1.165) is 6.54 Å². The second-order valence-corrected chi connectivity index (χ2v) is 5.17. The van der Waals surface area contributed by atoms with Gasteiger partial charge in [0.2, 0.25) is 0 Å². The second kappa shape index (κ2) is 6.17. The number of aliphatic carboxylic acids is 1. The van der Waals surface area contributed by atoms with Gasteiger partial charge in [-0.1, -0.05) is 24.3 Å². The Kier molecular flexibility index (Phi) is 4.56. The highest BCUT2D eigenvalue weighted by Crippen LogP contribution is 2.27. The Bertz CT molecular complexity index is 447. The first-order valence-electron chi connectivity index (χ1n) is 6.71. The lowest BCUT2D eigenvalue weighted by Crippen LogP contribution is -2.45. The SMILES string of the molecule is Cc1ccccc1[C@@H]1CN(CCC(=O)O)[C@H](C)CO1. The smallest absolute Gasteiger partial charge is 0.304 e. The summed E-state index contributed by atoms with van der Waals surface area (Å²) in [6.45, 7) is 6.16. The van der Waals surface area contributed by atoms with Crippen molar-refractivity contribution in [1.82, 2.24) is 4.90 Å². The molecule has 1 aromatic rings. The van der Waals surface area contributed by atoms with Crippen LogP contribution < -0.4 is 0 Å². The van der Waals surface area contributed by atoms with Crippen molar-refractivity contribution in [2.45, 2.75) is 32.4 Å². The first-order chi connectivity index (χ1) is 9.08. The van der Waals surface area contributed by atoms with E-state index in [1.54, 1.807) is 0 Å². The number of carbonyl (C=O) groups is 1. The van der Waals surface area contributed by atoms with Gasteiger partial charge in [-0.2, -0.15) is 0 Å². The molecular weight excluding hydrogens is 242 g/mol. The molecule has 2 atom stereocenters. The average Bonchev–Trinajstić information content (AvgIpc) is 2.38. The maximum absolute atomic E-state index is 10.7. The fourth-order valence-electron chi connectivity index (χ4n) is 2.49. The first-order valence-corrected chi connectivity index (χ1v) is 6.71. The third kappa shape index (κ3) is 3.55. The normalized spacial score (nSPS) is 24.3. The molecule has 1 fully saturated rings. The van der Waals surface area contributed by atoms with Crippen LogP contribution in [0.5, 0.6) is 0 Å². The van der Waals surface area contributed by atoms with Gasteiger partial charge in [0.15, 0.2) is 0 Å². The molecule has 0 spiro atoms. The minimum Gasteiger partial charge on any atom is -0.481 e. The van der Waals surface area contributed by atoms with Gasteiger partial charge in [0, 0.05) is 19.1 Å². The van der Waals surface area contributed by atoms with Crippen LogP contribution in [0.3, 0.4) is 0 Å². The van der Waals surface area contributed by atoms with E-state index in [2.05, 4.69) is 30.9 Å². The lowest BCUT2D eigenvalue weighted by Gasteiger charge is -2.38. The molecule has 0 aromatic heterocycles. The highest BCUT2D eigenvalue weighted by molar-refractivity contribution is 5.66. The first kappa shape index (κ1) is 14.0. The molecule has 0 radical (unpaired) electrons. The van der Waals surface area contributed by atoms with E-state index in [-0.39, 0.29) is 18.6 Å². The van der Waals surface area contributed by atoms with Crippen LogP contribution in [0.4, 0.5) is 0 Å². The van der Waals surface area contributed by atoms with Crippen LogP contribution in [0, 0.1) is 6.92 Å². The standard InChI is InChI=1S/C15H21NO3/c1-11-5-3-4-6-13(11)14-9-16(8-7-15(17)18)12(2)10-19-14/h3-6,12,14H,7-10H2,1-2H3,(H,17,18)/t12-,14+/m1/s1. The molecule has 4 heteroatoms. The van der Waals surface area contributed by atoms with Crippen LogP contribution in [0.15, 0.2) is 24.3 Å². The monoisotopic (exact) mass is 263 g/mol. The third-order valence-electron chi connectivity index (χ3n) is 3.71. The van der Waals surface area contributed by atoms with E-state index in [0.29, 0.717) is 13.2 Å². The summed E-state index contributed by atoms with van der Waals surface area (Å²) in [6, 6.07) is 8.49. The molecule has 1 N–H and O–H groups in total. The maximum Gasteiger partial charge on any atom is 0.304 e. The number of carboxylic acid groups (broad SMARTS) is 1. The summed E-state index contributed by atoms with van der Waals surface area (Å²) in [7, 11) is 0. The van der Waals surface area contributed by atoms with Crippen LogP contribution in [0.1, 0.15) is 30.6 Å². The summed E-state index contributed by atoms with van der Waals surface area (Å²) >= 11 is 0. The van der Waals surface area contributed by atoms with Gasteiger partial charge in [-0.05, 0) is 25.0 Å². The Balaban J connectivity index is 2.04. The van der Waals surface area contributed by atoms with E-state index in [4.69, 9.17) is 9.84 Å². The molecule has 2 rings (SSSR count). The van der Waals surface area contributed by atoms with Crippen LogP contribution >= 0.6 is 0 Å². The summed E-state index contributed by atoms with van der Waals surface area (Å²) in [4.78, 5) is 12.9. The quantitative estimate of drug-likeness (QED) is 0.905. The number of benzene rings is 1. The second-order valence-electron chi connectivity index (χ2n) is 5.17. The van der Waals surface area contributed by atoms with Gasteiger partial charge in [0.1, 0.15) is 0 Å². The highest BCUT2D eigenvalue weighted by Gasteiger charge is 2.27. The Hall–Kier alpha value is -1.39. The molecule has 0 bridgehead atoms. The van der Waals surface area contributed by atoms with Gasteiger partial charge in [-0.25, -0.2) is 0 Å². The number of aryl methyl sites for hydroxylation is 1. The molecule has 1 aliphatic rings. The number of carboxylic acids is 1. The zero-order chi connectivity index (χ0) is 13.8. The molecule has 0 unspecified atom stereocenters. The molecular formula is C15H21NO3. The maximum atomic E-state index is 10.7. The number of nitrogens with zero attached hydrogens (tertiary/aromatic N) is 1. The number of morpholine rings is 1. The van der Waals surface area contributed by atoms with Crippen molar-refractivity contribution in [3.8, 4) is 0 Å². The zero-order valence-electron chi connectivity index (χ0n) is 11.5. The lowest BCUT2D eigenvalue weighted by molar-refractivity contribution is -0.138. The van der Waals surface area contributed by atoms with Crippen LogP contribution in [0.25, 0.3) is 0 Å². The topological polar surface area (TPSA) is 49.8 Å². The van der Waals surface area contributed by atoms with Gasteiger partial charge in [-0.15, -0.1) is 0 Å². The fourth-order valence-corrected chi connectivity index (χ4v) is 2.49. The van der Waals surface area contributed by atoms with Gasteiger partial charge in [0.25, 0.3) is 0 Å². The molecule has 1 saturated heterocycles. The summed E-state index contributed by atoms with van der Waals surface area (Å²) in [6.07, 6.45) is 0.233. The molecule has 1 heterocycles. The molecule has 19 heavy (non-hydrogen) atoms. The van der Waals surface area contributed by atoms with Crippen molar-refractivity contribution in [3.63, 3.8) is 0 Å². The third-order valence-corrected chi connectivity index (χ3v) is 3.71. The molecule has 4 nitrogen and oxygen atoms in total. The van der Waals surface area contributed by atoms with Crippen LogP contribution in [-0.4, -0.2) is 41.7 Å². The number of hydrogen-bond donors (Lipinski definition) is 1. The minimum atomic E-state index is -0.744. The van der Waals surface area contributed by atoms with Crippen molar-refractivity contribution in [2.75, 3.05) is 19.7 Å². The van der Waals surface area contributed by atoms with Gasteiger partial charge in [-0.3, -0.25) is 9.69 Å². The van der Waals surface area contributed by atoms with E-state index in [1.165, 1.54) is 11.1 Å². The van der Waals surface area contributed by atoms with Crippen LogP contribution in [0.2, 0.25) is 0 Å². The predicted molar refractivity (Wildman–Crippen MR) is 73.2 cm³/mol. The minimum absolute atomic E-state index is 0.0474. The zero-order valence-corrected chi connectivity index (χ0v) is 11.5. The Labute approximate surface area is 114 Å². The molecule has 0 saturated carbocycles. The molecule has 0 aliphatic carbocycles. The number of rotatable bonds is 4. The molecule has 1 aromatic carbocycles. The highest BCUT2D eigenvalue weighted by atomic mass is 16.5. The Morgan fingerprint density at radius 1 is 1.47 bits per heavy atom. The summed E-state index contributed by atoms with van der Waals surface area (Å²) < 4.78 is 5.91. The number of hydrogen-bond acceptors (Lipinski definition) is 3. The fraction of sp³-hybridized carbons (Fsp3) is 0.533. The van der Waals surface area contributed by atoms with Crippen molar-refractivity contribution < 1.29 is 14.6 Å². The lowest BCUT2D eigenvalue weighted by atomic mass is 10.0. The molecule has 1 aliphatic heterocycles.